The van der Waals surface area contributed by atoms with Crippen LogP contribution in [0.25, 0.3) is 0 Å². The normalized spacial score (nSPS) is 11.5. The van der Waals surface area contributed by atoms with E-state index in [1.165, 1.54) is 95.0 Å². The summed E-state index contributed by atoms with van der Waals surface area (Å²) >= 11 is 2.16. The third-order valence-electron chi connectivity index (χ3n) is 7.79. The van der Waals surface area contributed by atoms with Gasteiger partial charge in [0.2, 0.25) is 0 Å². The number of rotatable bonds is 44. The highest BCUT2D eigenvalue weighted by Gasteiger charge is 1.98. The van der Waals surface area contributed by atoms with Crippen molar-refractivity contribution in [3.63, 3.8) is 0 Å². The van der Waals surface area contributed by atoms with Crippen molar-refractivity contribution < 1.29 is 33.6 Å². The molecule has 0 rings (SSSR count). The zero-order valence-electron chi connectivity index (χ0n) is 31.1. The molecule has 0 spiro atoms. The van der Waals surface area contributed by atoms with Crippen LogP contribution in [0.3, 0.4) is 0 Å². The van der Waals surface area contributed by atoms with E-state index in [0.717, 1.165) is 72.0 Å². The molecule has 0 atom stereocenters. The Morgan fingerprint density at radius 2 is 0.833 bits per heavy atom. The summed E-state index contributed by atoms with van der Waals surface area (Å²) in [6.07, 6.45) is 20.6. The van der Waals surface area contributed by atoms with Crippen LogP contribution in [0.2, 0.25) is 0 Å². The fourth-order valence-electron chi connectivity index (χ4n) is 4.97. The Bertz CT molecular complexity index is 611. The zero-order valence-corrected chi connectivity index (χ0v) is 31.9. The van der Waals surface area contributed by atoms with Gasteiger partial charge in [-0.1, -0.05) is 57.8 Å². The van der Waals surface area contributed by atoms with Gasteiger partial charge in [0.05, 0.1) is 39.6 Å². The molecule has 48 heavy (non-hydrogen) atoms. The standard InChI is InChI=1S/C37H77N3O7S/c1-2-43-26-13-9-5-3-6-10-14-35-48-36-15-11-7-4-8-12-20-38-22-17-27-44-31-33-47-34-32-45-28-18-23-40-25-30-46-29-24-39-21-16-19-37(41)42/h38-40H,2-36H2,1H3,(H,41,42). The molecule has 0 amide bonds. The van der Waals surface area contributed by atoms with Crippen molar-refractivity contribution in [3.8, 4) is 0 Å². The minimum atomic E-state index is -0.748. The molecule has 0 saturated carbocycles. The minimum Gasteiger partial charge on any atom is -0.481 e. The second-order valence-electron chi connectivity index (χ2n) is 12.3. The largest absolute Gasteiger partial charge is 0.481 e. The lowest BCUT2D eigenvalue weighted by Gasteiger charge is -2.08. The van der Waals surface area contributed by atoms with Gasteiger partial charge in [0.1, 0.15) is 0 Å². The average Bonchev–Trinajstić information content (AvgIpc) is 3.08. The van der Waals surface area contributed by atoms with Gasteiger partial charge in [-0.05, 0) is 89.6 Å². The average molecular weight is 708 g/mol. The molecule has 0 aromatic heterocycles. The molecule has 0 fully saturated rings. The van der Waals surface area contributed by atoms with Crippen molar-refractivity contribution in [2.24, 2.45) is 0 Å². The van der Waals surface area contributed by atoms with Crippen LogP contribution in [-0.4, -0.2) is 128 Å². The Morgan fingerprint density at radius 3 is 1.38 bits per heavy atom. The molecule has 0 heterocycles. The summed E-state index contributed by atoms with van der Waals surface area (Å²) in [5.74, 6) is 1.95. The number of carboxylic acids is 1. The van der Waals surface area contributed by atoms with E-state index in [-0.39, 0.29) is 6.42 Å². The van der Waals surface area contributed by atoms with Gasteiger partial charge in [0.15, 0.2) is 0 Å². The number of thioether (sulfide) groups is 1. The molecule has 0 radical (unpaired) electrons. The molecule has 0 aromatic carbocycles. The van der Waals surface area contributed by atoms with E-state index >= 15 is 0 Å². The number of aliphatic carboxylic acids is 1. The summed E-state index contributed by atoms with van der Waals surface area (Å²) in [6.45, 7) is 14.5. The third kappa shape index (κ3) is 45.5. The van der Waals surface area contributed by atoms with Gasteiger partial charge in [0.25, 0.3) is 0 Å². The fraction of sp³-hybridized carbons (Fsp3) is 0.973. The van der Waals surface area contributed by atoms with E-state index in [0.29, 0.717) is 52.6 Å². The molecule has 10 nitrogen and oxygen atoms in total. The van der Waals surface area contributed by atoms with Gasteiger partial charge in [-0.2, -0.15) is 11.8 Å². The summed E-state index contributed by atoms with van der Waals surface area (Å²) < 4.78 is 27.8. The molecule has 0 aromatic rings. The predicted octanol–water partition coefficient (Wildman–Crippen LogP) is 6.31. The van der Waals surface area contributed by atoms with Crippen molar-refractivity contribution in [2.45, 2.75) is 116 Å². The SMILES string of the molecule is CCOCCCCCCCCCSCCCCCCCCNCCCOCCOCCOCCCNCCOCCNCCCC(=O)O. The van der Waals surface area contributed by atoms with Crippen LogP contribution >= 0.6 is 11.8 Å². The fourth-order valence-corrected chi connectivity index (χ4v) is 5.99. The Labute approximate surface area is 299 Å². The van der Waals surface area contributed by atoms with E-state index < -0.39 is 5.97 Å². The molecule has 0 unspecified atom stereocenters. The summed E-state index contributed by atoms with van der Waals surface area (Å²) in [7, 11) is 0. The third-order valence-corrected chi connectivity index (χ3v) is 8.95. The molecule has 0 bridgehead atoms. The molecule has 0 saturated heterocycles. The van der Waals surface area contributed by atoms with Gasteiger partial charge in [-0.3, -0.25) is 4.79 Å². The van der Waals surface area contributed by atoms with E-state index in [4.69, 9.17) is 28.8 Å². The maximum absolute atomic E-state index is 10.4. The number of ether oxygens (including phenoxy) is 5. The first-order valence-electron chi connectivity index (χ1n) is 19.6. The lowest BCUT2D eigenvalue weighted by Crippen LogP contribution is -2.25. The topological polar surface area (TPSA) is 120 Å². The van der Waals surface area contributed by atoms with Gasteiger partial charge < -0.3 is 44.7 Å². The highest BCUT2D eigenvalue weighted by Crippen LogP contribution is 2.13. The molecule has 0 aliphatic heterocycles. The Morgan fingerprint density at radius 1 is 0.438 bits per heavy atom. The van der Waals surface area contributed by atoms with Crippen LogP contribution in [0.15, 0.2) is 0 Å². The number of unbranched alkanes of at least 4 members (excludes halogenated alkanes) is 11. The number of nitrogens with one attached hydrogen (secondary N) is 3. The summed E-state index contributed by atoms with van der Waals surface area (Å²) in [5.41, 5.74) is 0. The molecule has 0 aliphatic carbocycles. The van der Waals surface area contributed by atoms with Crippen molar-refractivity contribution >= 4 is 17.7 Å². The predicted molar refractivity (Wildman–Crippen MR) is 202 cm³/mol. The second kappa shape index (κ2) is 44.5. The summed E-state index contributed by atoms with van der Waals surface area (Å²) in [4.78, 5) is 10.4. The maximum Gasteiger partial charge on any atom is 0.303 e. The number of carboxylic acid groups (broad SMARTS) is 1. The minimum absolute atomic E-state index is 0.208. The van der Waals surface area contributed by atoms with E-state index in [2.05, 4.69) is 34.6 Å². The first-order valence-corrected chi connectivity index (χ1v) is 20.7. The Hall–Kier alpha value is -0.500. The summed E-state index contributed by atoms with van der Waals surface area (Å²) in [5, 5.41) is 18.6. The van der Waals surface area contributed by atoms with Crippen molar-refractivity contribution in [2.75, 3.05) is 117 Å². The van der Waals surface area contributed by atoms with Crippen LogP contribution in [0, 0.1) is 0 Å². The molecule has 0 aliphatic rings. The van der Waals surface area contributed by atoms with Crippen molar-refractivity contribution in [1.82, 2.24) is 16.0 Å². The Balaban J connectivity index is 3.04. The van der Waals surface area contributed by atoms with Crippen LogP contribution < -0.4 is 16.0 Å². The lowest BCUT2D eigenvalue weighted by atomic mass is 10.1. The maximum atomic E-state index is 10.4. The highest BCUT2D eigenvalue weighted by molar-refractivity contribution is 7.99. The molecule has 288 valence electrons. The quantitative estimate of drug-likeness (QED) is 0.0534. The molecular weight excluding hydrogens is 630 g/mol. The lowest BCUT2D eigenvalue weighted by molar-refractivity contribution is -0.137. The second-order valence-corrected chi connectivity index (χ2v) is 13.5. The summed E-state index contributed by atoms with van der Waals surface area (Å²) in [6, 6.07) is 0. The van der Waals surface area contributed by atoms with Crippen LogP contribution in [0.1, 0.15) is 116 Å². The highest BCUT2D eigenvalue weighted by atomic mass is 32.2. The van der Waals surface area contributed by atoms with E-state index in [1.807, 2.05) is 0 Å². The van der Waals surface area contributed by atoms with Crippen molar-refractivity contribution in [1.29, 1.82) is 0 Å². The first kappa shape index (κ1) is 47.5. The van der Waals surface area contributed by atoms with E-state index in [1.54, 1.807) is 0 Å². The van der Waals surface area contributed by atoms with Gasteiger partial charge in [-0.15, -0.1) is 0 Å². The van der Waals surface area contributed by atoms with Crippen molar-refractivity contribution in [3.05, 3.63) is 0 Å². The number of hydrogen-bond donors (Lipinski definition) is 4. The van der Waals surface area contributed by atoms with Crippen LogP contribution in [0.4, 0.5) is 0 Å². The van der Waals surface area contributed by atoms with Crippen LogP contribution in [-0.2, 0) is 28.5 Å². The number of carbonyl (C=O) groups is 1. The van der Waals surface area contributed by atoms with Gasteiger partial charge in [-0.25, -0.2) is 0 Å². The molecular formula is C37H77N3O7S. The van der Waals surface area contributed by atoms with Gasteiger partial charge in [0, 0.05) is 45.9 Å². The molecule has 11 heteroatoms. The van der Waals surface area contributed by atoms with E-state index in [9.17, 15) is 4.79 Å². The Kier molecular flexibility index (Phi) is 44.1. The van der Waals surface area contributed by atoms with Gasteiger partial charge >= 0.3 is 5.97 Å². The zero-order chi connectivity index (χ0) is 34.7. The number of hydrogen-bond acceptors (Lipinski definition) is 10. The molecule has 4 N–H and O–H groups in total. The monoisotopic (exact) mass is 708 g/mol. The smallest absolute Gasteiger partial charge is 0.303 e. The van der Waals surface area contributed by atoms with Crippen LogP contribution in [0.5, 0.6) is 0 Å². The first-order chi connectivity index (χ1) is 23.8.